The molecular formula is C12H15FN2O2. The van der Waals surface area contributed by atoms with Crippen LogP contribution < -0.4 is 10.6 Å². The molecule has 1 aliphatic rings. The van der Waals surface area contributed by atoms with Crippen molar-refractivity contribution in [3.8, 4) is 5.75 Å². The highest BCUT2D eigenvalue weighted by atomic mass is 19.1. The molecule has 0 radical (unpaired) electrons. The van der Waals surface area contributed by atoms with Gasteiger partial charge in [0.15, 0.2) is 11.6 Å². The van der Waals surface area contributed by atoms with Crippen LogP contribution in [0.2, 0.25) is 0 Å². The number of amides is 1. The number of halogens is 1. The van der Waals surface area contributed by atoms with Crippen molar-refractivity contribution in [3.63, 3.8) is 0 Å². The molecule has 5 heteroatoms. The van der Waals surface area contributed by atoms with E-state index >= 15 is 0 Å². The largest absolute Gasteiger partial charge is 0.505 e. The predicted molar refractivity (Wildman–Crippen MR) is 60.9 cm³/mol. The number of carbonyl (C=O) groups is 1. The first-order valence-electron chi connectivity index (χ1n) is 5.66. The number of hydrogen-bond acceptors (Lipinski definition) is 3. The maximum absolute atomic E-state index is 13.1. The maximum Gasteiger partial charge on any atom is 0.237 e. The summed E-state index contributed by atoms with van der Waals surface area (Å²) in [5.74, 6) is -1.03. The van der Waals surface area contributed by atoms with E-state index in [1.807, 2.05) is 0 Å². The Morgan fingerprint density at radius 3 is 3.12 bits per heavy atom. The summed E-state index contributed by atoms with van der Waals surface area (Å²) in [6.07, 6.45) is 1.69. The first-order chi connectivity index (χ1) is 8.18. The molecule has 1 aromatic carbocycles. The van der Waals surface area contributed by atoms with E-state index in [0.29, 0.717) is 12.1 Å². The van der Waals surface area contributed by atoms with Gasteiger partial charge in [0.1, 0.15) is 0 Å². The summed E-state index contributed by atoms with van der Waals surface area (Å²) in [6, 6.07) is 4.11. The third kappa shape index (κ3) is 2.74. The van der Waals surface area contributed by atoms with Crippen molar-refractivity contribution in [3.05, 3.63) is 29.6 Å². The van der Waals surface area contributed by atoms with Gasteiger partial charge in [-0.25, -0.2) is 4.39 Å². The molecule has 1 aliphatic heterocycles. The van der Waals surface area contributed by atoms with Crippen LogP contribution in [-0.4, -0.2) is 23.6 Å². The fraction of sp³-hybridized carbons (Fsp3) is 0.417. The fourth-order valence-corrected chi connectivity index (χ4v) is 1.90. The van der Waals surface area contributed by atoms with Crippen molar-refractivity contribution in [1.82, 2.24) is 10.6 Å². The van der Waals surface area contributed by atoms with Gasteiger partial charge in [-0.1, -0.05) is 12.1 Å². The average Bonchev–Trinajstić information content (AvgIpc) is 2.33. The molecule has 1 amide bonds. The number of benzene rings is 1. The molecule has 3 N–H and O–H groups in total. The molecule has 1 unspecified atom stereocenters. The highest BCUT2D eigenvalue weighted by Crippen LogP contribution is 2.20. The minimum Gasteiger partial charge on any atom is -0.505 e. The Kier molecular flexibility index (Phi) is 3.58. The summed E-state index contributed by atoms with van der Waals surface area (Å²) in [4.78, 5) is 11.5. The lowest BCUT2D eigenvalue weighted by molar-refractivity contribution is -0.124. The number of phenolic OH excluding ortho intramolecular Hbond substituents is 1. The molecule has 17 heavy (non-hydrogen) atoms. The number of hydrogen-bond donors (Lipinski definition) is 3. The quantitative estimate of drug-likeness (QED) is 0.733. The molecule has 92 valence electrons. The molecule has 0 spiro atoms. The zero-order valence-electron chi connectivity index (χ0n) is 9.37. The Bertz CT molecular complexity index is 423. The van der Waals surface area contributed by atoms with E-state index < -0.39 is 5.82 Å². The maximum atomic E-state index is 13.1. The Balaban J connectivity index is 1.97. The van der Waals surface area contributed by atoms with Crippen LogP contribution in [0.4, 0.5) is 4.39 Å². The minimum atomic E-state index is -0.641. The van der Waals surface area contributed by atoms with Crippen LogP contribution >= 0.6 is 0 Å². The van der Waals surface area contributed by atoms with E-state index in [2.05, 4.69) is 10.6 Å². The van der Waals surface area contributed by atoms with E-state index in [4.69, 9.17) is 0 Å². The van der Waals surface area contributed by atoms with Gasteiger partial charge in [0.2, 0.25) is 5.91 Å². The number of rotatable bonds is 3. The number of nitrogens with one attached hydrogen (secondary N) is 2. The molecular weight excluding hydrogens is 223 g/mol. The average molecular weight is 238 g/mol. The van der Waals surface area contributed by atoms with Crippen molar-refractivity contribution >= 4 is 5.91 Å². The van der Waals surface area contributed by atoms with Crippen molar-refractivity contribution in [2.75, 3.05) is 6.54 Å². The summed E-state index contributed by atoms with van der Waals surface area (Å²) in [6.45, 7) is 0.990. The standard InChI is InChI=1S/C12H15FN2O2/c13-9-4-1-3-8(11(9)16)7-15-10-5-2-6-14-12(10)17/h1,3-4,10,15-16H,2,5-7H2,(H,14,17). The highest BCUT2D eigenvalue weighted by molar-refractivity contribution is 5.82. The Hall–Kier alpha value is -1.62. The zero-order valence-corrected chi connectivity index (χ0v) is 9.37. The van der Waals surface area contributed by atoms with Gasteiger partial charge >= 0.3 is 0 Å². The van der Waals surface area contributed by atoms with Crippen molar-refractivity contribution in [1.29, 1.82) is 0 Å². The topological polar surface area (TPSA) is 61.4 Å². The van der Waals surface area contributed by atoms with Crippen LogP contribution in [0.15, 0.2) is 18.2 Å². The van der Waals surface area contributed by atoms with Gasteiger partial charge in [-0.2, -0.15) is 0 Å². The Morgan fingerprint density at radius 1 is 1.53 bits per heavy atom. The molecule has 0 aromatic heterocycles. The molecule has 1 aromatic rings. The lowest BCUT2D eigenvalue weighted by Crippen LogP contribution is -2.47. The number of carbonyl (C=O) groups excluding carboxylic acids is 1. The summed E-state index contributed by atoms with van der Waals surface area (Å²) < 4.78 is 13.1. The smallest absolute Gasteiger partial charge is 0.237 e. The fourth-order valence-electron chi connectivity index (χ4n) is 1.90. The van der Waals surface area contributed by atoms with Crippen molar-refractivity contribution < 1.29 is 14.3 Å². The molecule has 2 rings (SSSR count). The normalized spacial score (nSPS) is 20.1. The summed E-state index contributed by atoms with van der Waals surface area (Å²) in [5.41, 5.74) is 0.461. The van der Waals surface area contributed by atoms with Gasteiger partial charge in [0.05, 0.1) is 6.04 Å². The molecule has 0 aliphatic carbocycles. The molecule has 1 heterocycles. The first kappa shape index (κ1) is 11.9. The number of aromatic hydroxyl groups is 1. The zero-order chi connectivity index (χ0) is 12.3. The van der Waals surface area contributed by atoms with Crippen molar-refractivity contribution in [2.24, 2.45) is 0 Å². The van der Waals surface area contributed by atoms with E-state index in [9.17, 15) is 14.3 Å². The van der Waals surface area contributed by atoms with E-state index in [1.54, 1.807) is 6.07 Å². The van der Waals surface area contributed by atoms with Gasteiger partial charge in [0, 0.05) is 18.7 Å². The summed E-state index contributed by atoms with van der Waals surface area (Å²) >= 11 is 0. The third-order valence-electron chi connectivity index (χ3n) is 2.89. The van der Waals surface area contributed by atoms with Gasteiger partial charge in [-0.05, 0) is 18.9 Å². The second kappa shape index (κ2) is 5.14. The Labute approximate surface area is 98.8 Å². The Morgan fingerprint density at radius 2 is 2.35 bits per heavy atom. The van der Waals surface area contributed by atoms with Gasteiger partial charge in [-0.15, -0.1) is 0 Å². The highest BCUT2D eigenvalue weighted by Gasteiger charge is 2.21. The van der Waals surface area contributed by atoms with Gasteiger partial charge in [0.25, 0.3) is 0 Å². The summed E-state index contributed by atoms with van der Waals surface area (Å²) in [5, 5.41) is 15.3. The molecule has 1 saturated heterocycles. The van der Waals surface area contributed by atoms with Gasteiger partial charge in [-0.3, -0.25) is 4.79 Å². The predicted octanol–water partition coefficient (Wildman–Crippen LogP) is 0.899. The molecule has 1 fully saturated rings. The SMILES string of the molecule is O=C1NCCCC1NCc1cccc(F)c1O. The third-order valence-corrected chi connectivity index (χ3v) is 2.89. The summed E-state index contributed by atoms with van der Waals surface area (Å²) in [7, 11) is 0. The minimum absolute atomic E-state index is 0.0351. The van der Waals surface area contributed by atoms with Crippen LogP contribution in [0.5, 0.6) is 5.75 Å². The molecule has 0 saturated carbocycles. The second-order valence-corrected chi connectivity index (χ2v) is 4.11. The van der Waals surface area contributed by atoms with Crippen LogP contribution in [0.3, 0.4) is 0 Å². The van der Waals surface area contributed by atoms with Crippen LogP contribution in [0.25, 0.3) is 0 Å². The monoisotopic (exact) mass is 238 g/mol. The number of phenols is 1. The van der Waals surface area contributed by atoms with E-state index in [0.717, 1.165) is 12.8 Å². The van der Waals surface area contributed by atoms with Crippen LogP contribution in [0.1, 0.15) is 18.4 Å². The van der Waals surface area contributed by atoms with E-state index in [1.165, 1.54) is 12.1 Å². The van der Waals surface area contributed by atoms with Crippen LogP contribution in [-0.2, 0) is 11.3 Å². The second-order valence-electron chi connectivity index (χ2n) is 4.11. The lowest BCUT2D eigenvalue weighted by atomic mass is 10.1. The molecule has 1 atom stereocenters. The lowest BCUT2D eigenvalue weighted by Gasteiger charge is -2.23. The molecule has 4 nitrogen and oxygen atoms in total. The van der Waals surface area contributed by atoms with E-state index in [-0.39, 0.29) is 24.2 Å². The van der Waals surface area contributed by atoms with Crippen LogP contribution in [0, 0.1) is 5.82 Å². The van der Waals surface area contributed by atoms with Crippen molar-refractivity contribution in [2.45, 2.75) is 25.4 Å². The number of para-hydroxylation sites is 1. The first-order valence-corrected chi connectivity index (χ1v) is 5.66. The van der Waals surface area contributed by atoms with Gasteiger partial charge < -0.3 is 15.7 Å². The molecule has 0 bridgehead atoms. The number of piperidine rings is 1.